The Morgan fingerprint density at radius 3 is 2.32 bits per heavy atom. The Kier molecular flexibility index (Phi) is 6.63. The van der Waals surface area contributed by atoms with Gasteiger partial charge in [0.15, 0.2) is 6.10 Å². The second-order valence-corrected chi connectivity index (χ2v) is 8.67. The lowest BCUT2D eigenvalue weighted by Gasteiger charge is -2.18. The largest absolute Gasteiger partial charge is 0.479 e. The zero-order chi connectivity index (χ0) is 20.0. The van der Waals surface area contributed by atoms with E-state index < -0.39 is 19.7 Å². The van der Waals surface area contributed by atoms with Gasteiger partial charge in [0.1, 0.15) is 0 Å². The molecule has 0 amide bonds. The first kappa shape index (κ1) is 20.3. The van der Waals surface area contributed by atoms with Crippen molar-refractivity contribution in [2.75, 3.05) is 6.16 Å². The molecule has 3 rings (SSSR count). The molecule has 2 atom stereocenters. The molecule has 2 unspecified atom stereocenters. The first-order chi connectivity index (χ1) is 13.4. The number of benzene rings is 3. The molecule has 0 spiro atoms. The highest BCUT2D eigenvalue weighted by molar-refractivity contribution is 7.52. The molecule has 0 bridgehead atoms. The summed E-state index contributed by atoms with van der Waals surface area (Å²) in [6.07, 6.45) is 0.456. The molecule has 5 nitrogen and oxygen atoms in total. The molecule has 2 N–H and O–H groups in total. The fourth-order valence-corrected chi connectivity index (χ4v) is 4.40. The van der Waals surface area contributed by atoms with Gasteiger partial charge in [0.05, 0.1) is 6.16 Å². The molecule has 146 valence electrons. The standard InChI is InChI=1S/C22H23O5P/c23-22(24)21(19-10-2-1-3-11-19)27-28(25,26)15-7-6-8-17-13-14-18-9-4-5-12-20(18)16-17/h1-5,9-14,16,21H,6-8,15H2,(H,23,24)(H,25,26). The first-order valence-corrected chi connectivity index (χ1v) is 11.0. The van der Waals surface area contributed by atoms with Crippen LogP contribution in [0, 0.1) is 0 Å². The molecular weight excluding hydrogens is 375 g/mol. The van der Waals surface area contributed by atoms with Crippen LogP contribution in [0.1, 0.15) is 30.1 Å². The summed E-state index contributed by atoms with van der Waals surface area (Å²) >= 11 is 0. The van der Waals surface area contributed by atoms with Crippen LogP contribution in [0.3, 0.4) is 0 Å². The van der Waals surface area contributed by atoms with Gasteiger partial charge in [-0.1, -0.05) is 72.8 Å². The Morgan fingerprint density at radius 2 is 1.61 bits per heavy atom. The van der Waals surface area contributed by atoms with Crippen molar-refractivity contribution in [3.05, 3.63) is 83.9 Å². The van der Waals surface area contributed by atoms with Crippen LogP contribution in [-0.2, 0) is 20.3 Å². The number of fused-ring (bicyclic) bond motifs is 1. The van der Waals surface area contributed by atoms with Gasteiger partial charge in [0.2, 0.25) is 0 Å². The van der Waals surface area contributed by atoms with Crippen LogP contribution in [-0.4, -0.2) is 22.1 Å². The maximum absolute atomic E-state index is 12.4. The molecule has 0 aromatic heterocycles. The van der Waals surface area contributed by atoms with Crippen molar-refractivity contribution < 1.29 is 23.9 Å². The maximum atomic E-state index is 12.4. The molecule has 3 aromatic carbocycles. The van der Waals surface area contributed by atoms with Crippen LogP contribution in [0.5, 0.6) is 0 Å². The topological polar surface area (TPSA) is 83.8 Å². The zero-order valence-electron chi connectivity index (χ0n) is 15.4. The molecule has 0 saturated carbocycles. The van der Waals surface area contributed by atoms with E-state index in [1.165, 1.54) is 16.3 Å². The fraction of sp³-hybridized carbons (Fsp3) is 0.227. The van der Waals surface area contributed by atoms with Gasteiger partial charge in [-0.3, -0.25) is 9.09 Å². The summed E-state index contributed by atoms with van der Waals surface area (Å²) in [5.74, 6) is -1.28. The number of aliphatic carboxylic acids is 1. The normalized spacial score (nSPS) is 14.5. The number of aryl methyl sites for hydroxylation is 1. The van der Waals surface area contributed by atoms with E-state index in [2.05, 4.69) is 30.3 Å². The maximum Gasteiger partial charge on any atom is 0.338 e. The second-order valence-electron chi connectivity index (χ2n) is 6.73. The van der Waals surface area contributed by atoms with Crippen LogP contribution in [0.2, 0.25) is 0 Å². The number of carbonyl (C=O) groups is 1. The molecule has 0 aliphatic carbocycles. The van der Waals surface area contributed by atoms with Crippen molar-refractivity contribution in [3.63, 3.8) is 0 Å². The molecule has 0 saturated heterocycles. The van der Waals surface area contributed by atoms with Crippen molar-refractivity contribution in [1.82, 2.24) is 0 Å². The van der Waals surface area contributed by atoms with E-state index in [9.17, 15) is 19.4 Å². The average molecular weight is 398 g/mol. The smallest absolute Gasteiger partial charge is 0.338 e. The van der Waals surface area contributed by atoms with Gasteiger partial charge in [-0.25, -0.2) is 4.79 Å². The van der Waals surface area contributed by atoms with E-state index in [0.29, 0.717) is 12.0 Å². The van der Waals surface area contributed by atoms with Gasteiger partial charge in [0, 0.05) is 0 Å². The number of carboxylic acids is 1. The van der Waals surface area contributed by atoms with Crippen molar-refractivity contribution in [2.24, 2.45) is 0 Å². The summed E-state index contributed by atoms with van der Waals surface area (Å²) in [7, 11) is -4.01. The van der Waals surface area contributed by atoms with E-state index in [1.54, 1.807) is 30.3 Å². The second kappa shape index (κ2) is 9.16. The Labute approximate surface area is 164 Å². The van der Waals surface area contributed by atoms with Crippen molar-refractivity contribution in [2.45, 2.75) is 25.4 Å². The summed E-state index contributed by atoms with van der Waals surface area (Å²) in [5.41, 5.74) is 1.51. The monoisotopic (exact) mass is 398 g/mol. The van der Waals surface area contributed by atoms with E-state index in [1.807, 2.05) is 12.1 Å². The minimum atomic E-state index is -4.01. The molecule has 0 aliphatic rings. The molecule has 0 heterocycles. The highest BCUT2D eigenvalue weighted by atomic mass is 31.2. The third kappa shape index (κ3) is 5.52. The fourth-order valence-electron chi connectivity index (χ4n) is 3.13. The van der Waals surface area contributed by atoms with E-state index in [-0.39, 0.29) is 6.16 Å². The summed E-state index contributed by atoms with van der Waals surface area (Å²) < 4.78 is 17.5. The van der Waals surface area contributed by atoms with Crippen LogP contribution >= 0.6 is 7.60 Å². The Balaban J connectivity index is 1.53. The average Bonchev–Trinajstić information content (AvgIpc) is 2.70. The minimum Gasteiger partial charge on any atom is -0.479 e. The highest BCUT2D eigenvalue weighted by Crippen LogP contribution is 2.47. The number of hydrogen-bond donors (Lipinski definition) is 2. The third-order valence-electron chi connectivity index (χ3n) is 4.57. The van der Waals surface area contributed by atoms with Crippen molar-refractivity contribution >= 4 is 24.3 Å². The first-order valence-electron chi connectivity index (χ1n) is 9.20. The predicted molar refractivity (Wildman–Crippen MR) is 109 cm³/mol. The molecule has 6 heteroatoms. The summed E-state index contributed by atoms with van der Waals surface area (Å²) in [4.78, 5) is 21.5. The Bertz CT molecular complexity index is 986. The van der Waals surface area contributed by atoms with Crippen LogP contribution in [0.25, 0.3) is 10.8 Å². The van der Waals surface area contributed by atoms with Gasteiger partial charge in [-0.05, 0) is 41.2 Å². The Hall–Kier alpha value is -2.46. The number of carboxylic acid groups (broad SMARTS) is 1. The third-order valence-corrected chi connectivity index (χ3v) is 5.99. The van der Waals surface area contributed by atoms with E-state index >= 15 is 0 Å². The lowest BCUT2D eigenvalue weighted by atomic mass is 10.0. The minimum absolute atomic E-state index is 0.0722. The lowest BCUT2D eigenvalue weighted by Crippen LogP contribution is -2.15. The van der Waals surface area contributed by atoms with Gasteiger partial charge in [-0.2, -0.15) is 0 Å². The van der Waals surface area contributed by atoms with Gasteiger partial charge in [-0.15, -0.1) is 0 Å². The van der Waals surface area contributed by atoms with Crippen LogP contribution in [0.4, 0.5) is 0 Å². The van der Waals surface area contributed by atoms with E-state index in [4.69, 9.17) is 4.52 Å². The number of hydrogen-bond acceptors (Lipinski definition) is 3. The molecule has 0 aliphatic heterocycles. The Morgan fingerprint density at radius 1 is 0.929 bits per heavy atom. The highest BCUT2D eigenvalue weighted by Gasteiger charge is 2.30. The number of rotatable bonds is 9. The predicted octanol–water partition coefficient (Wildman–Crippen LogP) is 5.19. The molecule has 28 heavy (non-hydrogen) atoms. The van der Waals surface area contributed by atoms with Crippen molar-refractivity contribution in [1.29, 1.82) is 0 Å². The van der Waals surface area contributed by atoms with Gasteiger partial charge in [0.25, 0.3) is 0 Å². The SMILES string of the molecule is O=C(O)C(OP(=O)(O)CCCCc1ccc2ccccc2c1)c1ccccc1. The molecule has 3 aromatic rings. The van der Waals surface area contributed by atoms with Gasteiger partial charge < -0.3 is 10.00 Å². The summed E-state index contributed by atoms with van der Waals surface area (Å²) in [6, 6.07) is 22.6. The van der Waals surface area contributed by atoms with Crippen LogP contribution < -0.4 is 0 Å². The summed E-state index contributed by atoms with van der Waals surface area (Å²) in [6.45, 7) is 0. The van der Waals surface area contributed by atoms with Crippen molar-refractivity contribution in [3.8, 4) is 0 Å². The van der Waals surface area contributed by atoms with Gasteiger partial charge >= 0.3 is 13.6 Å². The molecule has 0 fully saturated rings. The van der Waals surface area contributed by atoms with Crippen LogP contribution in [0.15, 0.2) is 72.8 Å². The molecular formula is C22H23O5P. The quantitative estimate of drug-likeness (QED) is 0.383. The molecule has 0 radical (unpaired) electrons. The number of unbranched alkanes of at least 4 members (excludes halogenated alkanes) is 1. The lowest BCUT2D eigenvalue weighted by molar-refractivity contribution is -0.145. The summed E-state index contributed by atoms with van der Waals surface area (Å²) in [5, 5.41) is 11.7. The van der Waals surface area contributed by atoms with E-state index in [0.717, 1.165) is 12.8 Å². The zero-order valence-corrected chi connectivity index (χ0v) is 16.3.